The Bertz CT molecular complexity index is 1470. The maximum atomic E-state index is 13.5. The highest BCUT2D eigenvalue weighted by atomic mass is 35.5. The minimum Gasteiger partial charge on any atom is -0.464 e. The van der Waals surface area contributed by atoms with Gasteiger partial charge >= 0.3 is 5.69 Å². The molecule has 0 aliphatic heterocycles. The Labute approximate surface area is 214 Å². The minimum absolute atomic E-state index is 0.0830. The average Bonchev–Trinajstić information content (AvgIpc) is 3.40. The predicted octanol–water partition coefficient (Wildman–Crippen LogP) is 5.39. The van der Waals surface area contributed by atoms with Crippen LogP contribution < -0.4 is 10.1 Å². The number of ether oxygens (including phenoxy) is 1. The van der Waals surface area contributed by atoms with Gasteiger partial charge in [-0.1, -0.05) is 29.3 Å². The van der Waals surface area contributed by atoms with Crippen molar-refractivity contribution in [1.82, 2.24) is 19.6 Å². The SMILES string of the molecule is Cc1nn(Cc2ccc(Cl)cc2Cl)c(C)c1NC(=O)c1ccn(COc2cc(F)ccc2[N+](=O)[O-])n1. The van der Waals surface area contributed by atoms with Crippen molar-refractivity contribution < 1.29 is 18.8 Å². The fourth-order valence-electron chi connectivity index (χ4n) is 3.47. The van der Waals surface area contributed by atoms with Crippen LogP contribution in [0.5, 0.6) is 5.75 Å². The summed E-state index contributed by atoms with van der Waals surface area (Å²) in [7, 11) is 0. The van der Waals surface area contributed by atoms with Crippen LogP contribution in [0, 0.1) is 29.8 Å². The number of aryl methyl sites for hydroxylation is 1. The minimum atomic E-state index is -0.680. The molecule has 4 aromatic rings. The lowest BCUT2D eigenvalue weighted by Crippen LogP contribution is -2.15. The maximum Gasteiger partial charge on any atom is 0.311 e. The van der Waals surface area contributed by atoms with E-state index in [9.17, 15) is 19.3 Å². The Balaban J connectivity index is 1.45. The lowest BCUT2D eigenvalue weighted by Gasteiger charge is -2.08. The van der Waals surface area contributed by atoms with Gasteiger partial charge in [0.1, 0.15) is 5.82 Å². The number of hydrogen-bond donors (Lipinski definition) is 1. The molecule has 4 rings (SSSR count). The first kappa shape index (κ1) is 25.1. The molecule has 0 saturated carbocycles. The van der Waals surface area contributed by atoms with Gasteiger partial charge in [0.15, 0.2) is 12.4 Å². The van der Waals surface area contributed by atoms with Crippen LogP contribution in [0.1, 0.15) is 27.4 Å². The molecule has 0 aliphatic rings. The van der Waals surface area contributed by atoms with Gasteiger partial charge in [0.25, 0.3) is 5.91 Å². The van der Waals surface area contributed by atoms with E-state index >= 15 is 0 Å². The molecule has 0 saturated heterocycles. The summed E-state index contributed by atoms with van der Waals surface area (Å²) in [6.45, 7) is 3.70. The van der Waals surface area contributed by atoms with Gasteiger partial charge in [-0.25, -0.2) is 9.07 Å². The quantitative estimate of drug-likeness (QED) is 0.240. The van der Waals surface area contributed by atoms with Crippen molar-refractivity contribution in [3.8, 4) is 5.75 Å². The lowest BCUT2D eigenvalue weighted by atomic mass is 10.2. The van der Waals surface area contributed by atoms with Crippen LogP contribution in [0.25, 0.3) is 0 Å². The number of nitro groups is 1. The fraction of sp³-hybridized carbons (Fsp3) is 0.174. The normalized spacial score (nSPS) is 10.9. The molecule has 186 valence electrons. The molecule has 2 aromatic carbocycles. The number of carbonyl (C=O) groups excluding carboxylic acids is 1. The second-order valence-electron chi connectivity index (χ2n) is 7.78. The topological polar surface area (TPSA) is 117 Å². The van der Waals surface area contributed by atoms with Crippen molar-refractivity contribution in [1.29, 1.82) is 0 Å². The number of hydrogen-bond acceptors (Lipinski definition) is 6. The van der Waals surface area contributed by atoms with Crippen molar-refractivity contribution in [2.75, 3.05) is 5.32 Å². The highest BCUT2D eigenvalue weighted by Gasteiger charge is 2.19. The highest BCUT2D eigenvalue weighted by Crippen LogP contribution is 2.28. The third-order valence-electron chi connectivity index (χ3n) is 5.30. The van der Waals surface area contributed by atoms with E-state index in [1.165, 1.54) is 16.9 Å². The fourth-order valence-corrected chi connectivity index (χ4v) is 3.93. The highest BCUT2D eigenvalue weighted by molar-refractivity contribution is 6.35. The molecule has 0 unspecified atom stereocenters. The van der Waals surface area contributed by atoms with Gasteiger partial charge < -0.3 is 10.1 Å². The number of nitro benzene ring substituents is 1. The van der Waals surface area contributed by atoms with E-state index < -0.39 is 16.6 Å². The van der Waals surface area contributed by atoms with Crippen LogP contribution in [0.15, 0.2) is 48.7 Å². The zero-order valence-corrected chi connectivity index (χ0v) is 20.5. The summed E-state index contributed by atoms with van der Waals surface area (Å²) in [5.74, 6) is -1.41. The largest absolute Gasteiger partial charge is 0.464 e. The molecule has 2 heterocycles. The summed E-state index contributed by atoms with van der Waals surface area (Å²) < 4.78 is 21.8. The monoisotopic (exact) mass is 532 g/mol. The molecule has 10 nitrogen and oxygen atoms in total. The Morgan fingerprint density at radius 2 is 1.94 bits per heavy atom. The van der Waals surface area contributed by atoms with Crippen molar-refractivity contribution in [2.24, 2.45) is 0 Å². The van der Waals surface area contributed by atoms with Crippen molar-refractivity contribution in [3.63, 3.8) is 0 Å². The van der Waals surface area contributed by atoms with E-state index in [0.29, 0.717) is 33.7 Å². The molecule has 0 aliphatic carbocycles. The van der Waals surface area contributed by atoms with E-state index in [1.54, 1.807) is 23.7 Å². The van der Waals surface area contributed by atoms with Gasteiger partial charge in [0.2, 0.25) is 5.75 Å². The zero-order valence-electron chi connectivity index (χ0n) is 19.0. The third-order valence-corrected chi connectivity index (χ3v) is 5.89. The summed E-state index contributed by atoms with van der Waals surface area (Å²) in [4.78, 5) is 23.2. The molecular weight excluding hydrogens is 514 g/mol. The van der Waals surface area contributed by atoms with Crippen LogP contribution in [-0.4, -0.2) is 30.4 Å². The number of carbonyl (C=O) groups is 1. The van der Waals surface area contributed by atoms with E-state index in [1.807, 2.05) is 13.0 Å². The summed E-state index contributed by atoms with van der Waals surface area (Å²) in [6.07, 6.45) is 1.46. The van der Waals surface area contributed by atoms with Gasteiger partial charge in [-0.05, 0) is 43.7 Å². The van der Waals surface area contributed by atoms with Crippen molar-refractivity contribution in [3.05, 3.63) is 97.3 Å². The molecule has 1 N–H and O–H groups in total. The molecule has 1 amide bonds. The molecule has 13 heteroatoms. The summed E-state index contributed by atoms with van der Waals surface area (Å²) in [5.41, 5.74) is 2.37. The first-order valence-electron chi connectivity index (χ1n) is 10.5. The Morgan fingerprint density at radius 3 is 2.67 bits per heavy atom. The molecular formula is C23H19Cl2FN6O4. The number of halogens is 3. The number of nitrogens with zero attached hydrogens (tertiary/aromatic N) is 5. The Hall–Kier alpha value is -3.96. The average molecular weight is 533 g/mol. The van der Waals surface area contributed by atoms with Gasteiger partial charge in [0.05, 0.1) is 28.5 Å². The number of rotatable bonds is 8. The van der Waals surface area contributed by atoms with Crippen molar-refractivity contribution in [2.45, 2.75) is 27.1 Å². The predicted molar refractivity (Wildman–Crippen MR) is 131 cm³/mol. The molecule has 0 fully saturated rings. The molecule has 0 spiro atoms. The standard InChI is InChI=1S/C23H19Cl2FN6O4/c1-13-22(14(2)31(28-13)11-15-3-4-16(24)9-18(15)25)27-23(33)19-7-8-30(29-19)12-36-21-10-17(26)5-6-20(21)32(34)35/h3-10H,11-12H2,1-2H3,(H,27,33). The number of benzene rings is 2. The van der Waals surface area contributed by atoms with Crippen LogP contribution in [0.4, 0.5) is 15.8 Å². The second-order valence-corrected chi connectivity index (χ2v) is 8.62. The Kier molecular flexibility index (Phi) is 7.22. The number of nitrogens with one attached hydrogen (secondary N) is 1. The number of aromatic nitrogens is 4. The molecule has 0 radical (unpaired) electrons. The number of amides is 1. The smallest absolute Gasteiger partial charge is 0.311 e. The van der Waals surface area contributed by atoms with Gasteiger partial charge in [-0.3, -0.25) is 19.6 Å². The van der Waals surface area contributed by atoms with Crippen LogP contribution >= 0.6 is 23.2 Å². The summed E-state index contributed by atoms with van der Waals surface area (Å²) in [6, 6.07) is 9.56. The van der Waals surface area contributed by atoms with Crippen LogP contribution in [0.2, 0.25) is 10.0 Å². The lowest BCUT2D eigenvalue weighted by molar-refractivity contribution is -0.386. The van der Waals surface area contributed by atoms with Gasteiger partial charge in [-0.2, -0.15) is 10.2 Å². The van der Waals surface area contributed by atoms with E-state index in [4.69, 9.17) is 27.9 Å². The zero-order chi connectivity index (χ0) is 26.0. The summed E-state index contributed by atoms with van der Waals surface area (Å²) >= 11 is 12.2. The molecule has 2 aromatic heterocycles. The first-order valence-corrected chi connectivity index (χ1v) is 11.3. The third kappa shape index (κ3) is 5.47. The van der Waals surface area contributed by atoms with E-state index in [0.717, 1.165) is 23.8 Å². The maximum absolute atomic E-state index is 13.5. The number of anilines is 1. The van der Waals surface area contributed by atoms with E-state index in [2.05, 4.69) is 15.5 Å². The van der Waals surface area contributed by atoms with Gasteiger partial charge in [-0.15, -0.1) is 0 Å². The second kappa shape index (κ2) is 10.3. The molecule has 0 atom stereocenters. The van der Waals surface area contributed by atoms with Crippen LogP contribution in [-0.2, 0) is 13.3 Å². The Morgan fingerprint density at radius 1 is 1.17 bits per heavy atom. The van der Waals surface area contributed by atoms with Crippen molar-refractivity contribution >= 4 is 40.5 Å². The van der Waals surface area contributed by atoms with Gasteiger partial charge in [0, 0.05) is 28.4 Å². The first-order chi connectivity index (χ1) is 17.1. The van der Waals surface area contributed by atoms with Crippen LogP contribution in [0.3, 0.4) is 0 Å². The van der Waals surface area contributed by atoms with E-state index in [-0.39, 0.29) is 23.9 Å². The summed E-state index contributed by atoms with van der Waals surface area (Å²) in [5, 5.41) is 23.6. The molecule has 0 bridgehead atoms. The molecule has 36 heavy (non-hydrogen) atoms.